The van der Waals surface area contributed by atoms with Gasteiger partial charge in [-0.15, -0.1) is 0 Å². The van der Waals surface area contributed by atoms with Crippen LogP contribution in [0.2, 0.25) is 0 Å². The van der Waals surface area contributed by atoms with Crippen LogP contribution in [0.4, 0.5) is 0 Å². The molecule has 1 aromatic carbocycles. The highest BCUT2D eigenvalue weighted by Gasteiger charge is 2.14. The smallest absolute Gasteiger partial charge is 0.167 e. The Kier molecular flexibility index (Phi) is 6.43. The van der Waals surface area contributed by atoms with Crippen LogP contribution >= 0.6 is 11.8 Å². The Morgan fingerprint density at radius 2 is 1.95 bits per heavy atom. The Hall–Kier alpha value is -0.960. The molecular weight excluding hydrogens is 256 g/mol. The monoisotopic (exact) mass is 280 g/mol. The van der Waals surface area contributed by atoms with Gasteiger partial charge in [0.15, 0.2) is 5.78 Å². The van der Waals surface area contributed by atoms with Gasteiger partial charge in [-0.2, -0.15) is 11.8 Å². The molecule has 0 unspecified atom stereocenters. The number of carbonyl (C=O) groups excluding carboxylic acids is 1. The van der Waals surface area contributed by atoms with Crippen LogP contribution in [0.15, 0.2) is 18.2 Å². The lowest BCUT2D eigenvalue weighted by Crippen LogP contribution is -2.06. The molecule has 1 aromatic rings. The summed E-state index contributed by atoms with van der Waals surface area (Å²) in [5.74, 6) is 2.14. The van der Waals surface area contributed by atoms with E-state index in [1.54, 1.807) is 7.11 Å². The van der Waals surface area contributed by atoms with Gasteiger partial charge in [0.2, 0.25) is 0 Å². The lowest BCUT2D eigenvalue weighted by Gasteiger charge is -2.12. The minimum atomic E-state index is 0.174. The van der Waals surface area contributed by atoms with Crippen molar-refractivity contribution in [3.05, 3.63) is 29.3 Å². The van der Waals surface area contributed by atoms with E-state index in [2.05, 4.69) is 27.7 Å². The van der Waals surface area contributed by atoms with Gasteiger partial charge in [0, 0.05) is 12.2 Å². The average molecular weight is 280 g/mol. The molecule has 0 spiro atoms. The van der Waals surface area contributed by atoms with Crippen molar-refractivity contribution in [1.29, 1.82) is 0 Å². The van der Waals surface area contributed by atoms with Gasteiger partial charge in [-0.05, 0) is 28.9 Å². The van der Waals surface area contributed by atoms with Crippen molar-refractivity contribution in [2.75, 3.05) is 12.9 Å². The number of ether oxygens (including phenoxy) is 1. The summed E-state index contributed by atoms with van der Waals surface area (Å²) >= 11 is 1.82. The van der Waals surface area contributed by atoms with E-state index in [0.717, 1.165) is 11.3 Å². The van der Waals surface area contributed by atoms with Crippen LogP contribution < -0.4 is 4.74 Å². The molecule has 0 aliphatic carbocycles. The minimum absolute atomic E-state index is 0.174. The van der Waals surface area contributed by atoms with E-state index in [1.165, 1.54) is 5.56 Å². The van der Waals surface area contributed by atoms with Gasteiger partial charge < -0.3 is 4.74 Å². The fourth-order valence-corrected chi connectivity index (χ4v) is 2.60. The zero-order valence-electron chi connectivity index (χ0n) is 12.5. The standard InChI is InChI=1S/C16H24O2S/c1-11(2)13-6-7-16(18-5)14(10-13)15(17)8-9-19-12(3)4/h6-7,10-12H,8-9H2,1-5H3. The Morgan fingerprint density at radius 3 is 2.47 bits per heavy atom. The Labute approximate surface area is 120 Å². The molecule has 0 saturated carbocycles. The van der Waals surface area contributed by atoms with Gasteiger partial charge in [-0.25, -0.2) is 0 Å². The second-order valence-electron chi connectivity index (χ2n) is 5.21. The Balaban J connectivity index is 2.84. The molecule has 0 atom stereocenters. The molecule has 0 aliphatic rings. The summed E-state index contributed by atoms with van der Waals surface area (Å²) in [6, 6.07) is 5.91. The molecule has 19 heavy (non-hydrogen) atoms. The number of hydrogen-bond acceptors (Lipinski definition) is 3. The van der Waals surface area contributed by atoms with Gasteiger partial charge in [0.25, 0.3) is 0 Å². The minimum Gasteiger partial charge on any atom is -0.496 e. The maximum Gasteiger partial charge on any atom is 0.167 e. The van der Waals surface area contributed by atoms with Crippen LogP contribution in [0.3, 0.4) is 0 Å². The quantitative estimate of drug-likeness (QED) is 0.686. The summed E-state index contributed by atoms with van der Waals surface area (Å²) in [7, 11) is 1.62. The molecule has 1 rings (SSSR count). The maximum absolute atomic E-state index is 12.3. The van der Waals surface area contributed by atoms with E-state index in [4.69, 9.17) is 4.74 Å². The van der Waals surface area contributed by atoms with E-state index in [0.29, 0.717) is 23.3 Å². The molecule has 0 aliphatic heterocycles. The first-order chi connectivity index (χ1) is 8.95. The van der Waals surface area contributed by atoms with Crippen molar-refractivity contribution in [3.8, 4) is 5.75 Å². The fraction of sp³-hybridized carbons (Fsp3) is 0.562. The van der Waals surface area contributed by atoms with Crippen LogP contribution in [0.5, 0.6) is 5.75 Å². The van der Waals surface area contributed by atoms with Crippen LogP contribution in [0, 0.1) is 0 Å². The van der Waals surface area contributed by atoms with Crippen molar-refractivity contribution >= 4 is 17.5 Å². The molecule has 0 bridgehead atoms. The van der Waals surface area contributed by atoms with Crippen LogP contribution in [0.1, 0.15) is 56.0 Å². The van der Waals surface area contributed by atoms with E-state index >= 15 is 0 Å². The molecule has 0 radical (unpaired) electrons. The van der Waals surface area contributed by atoms with E-state index in [-0.39, 0.29) is 5.78 Å². The second-order valence-corrected chi connectivity index (χ2v) is 6.89. The number of carbonyl (C=O) groups is 1. The number of thioether (sulfide) groups is 1. The summed E-state index contributed by atoms with van der Waals surface area (Å²) in [4.78, 5) is 12.3. The summed E-state index contributed by atoms with van der Waals surface area (Å²) in [6.07, 6.45) is 0.570. The highest BCUT2D eigenvalue weighted by molar-refractivity contribution is 7.99. The number of hydrogen-bond donors (Lipinski definition) is 0. The van der Waals surface area contributed by atoms with Crippen LogP contribution in [0.25, 0.3) is 0 Å². The van der Waals surface area contributed by atoms with Crippen molar-refractivity contribution in [1.82, 2.24) is 0 Å². The second kappa shape index (κ2) is 7.59. The topological polar surface area (TPSA) is 26.3 Å². The molecule has 106 valence electrons. The maximum atomic E-state index is 12.3. The molecule has 0 heterocycles. The Morgan fingerprint density at radius 1 is 1.26 bits per heavy atom. The Bertz CT molecular complexity index is 425. The number of ketones is 1. The van der Waals surface area contributed by atoms with Gasteiger partial charge >= 0.3 is 0 Å². The molecule has 0 amide bonds. The van der Waals surface area contributed by atoms with Crippen molar-refractivity contribution in [2.45, 2.75) is 45.3 Å². The molecule has 2 nitrogen and oxygen atoms in total. The van der Waals surface area contributed by atoms with E-state index in [9.17, 15) is 4.79 Å². The predicted octanol–water partition coefficient (Wildman–Crippen LogP) is 4.53. The number of benzene rings is 1. The summed E-state index contributed by atoms with van der Waals surface area (Å²) in [5.41, 5.74) is 1.90. The molecule has 3 heteroatoms. The lowest BCUT2D eigenvalue weighted by atomic mass is 9.98. The van der Waals surface area contributed by atoms with Crippen molar-refractivity contribution < 1.29 is 9.53 Å². The lowest BCUT2D eigenvalue weighted by molar-refractivity contribution is 0.0986. The number of methoxy groups -OCH3 is 1. The molecule has 0 aromatic heterocycles. The van der Waals surface area contributed by atoms with Crippen LogP contribution in [-0.4, -0.2) is 23.9 Å². The largest absolute Gasteiger partial charge is 0.496 e. The SMILES string of the molecule is COc1ccc(C(C)C)cc1C(=O)CCSC(C)C. The third-order valence-corrected chi connectivity index (χ3v) is 4.08. The first-order valence-electron chi connectivity index (χ1n) is 6.78. The predicted molar refractivity (Wildman–Crippen MR) is 83.6 cm³/mol. The third kappa shape index (κ3) is 4.90. The molecule has 0 fully saturated rings. The average Bonchev–Trinajstić information content (AvgIpc) is 2.37. The summed E-state index contributed by atoms with van der Waals surface area (Å²) in [6.45, 7) is 8.56. The third-order valence-electron chi connectivity index (χ3n) is 2.97. The number of rotatable bonds is 7. The highest BCUT2D eigenvalue weighted by Crippen LogP contribution is 2.26. The van der Waals surface area contributed by atoms with Gasteiger partial charge in [-0.1, -0.05) is 33.8 Å². The van der Waals surface area contributed by atoms with E-state index < -0.39 is 0 Å². The molecular formula is C16H24O2S. The van der Waals surface area contributed by atoms with Crippen molar-refractivity contribution in [2.24, 2.45) is 0 Å². The highest BCUT2D eigenvalue weighted by atomic mass is 32.2. The normalized spacial score (nSPS) is 11.1. The van der Waals surface area contributed by atoms with Crippen LogP contribution in [-0.2, 0) is 0 Å². The first kappa shape index (κ1) is 16.1. The van der Waals surface area contributed by atoms with Crippen molar-refractivity contribution in [3.63, 3.8) is 0 Å². The van der Waals surface area contributed by atoms with E-state index in [1.807, 2.05) is 30.0 Å². The zero-order chi connectivity index (χ0) is 14.4. The summed E-state index contributed by atoms with van der Waals surface area (Å²) < 4.78 is 5.30. The first-order valence-corrected chi connectivity index (χ1v) is 7.83. The molecule has 0 saturated heterocycles. The van der Waals surface area contributed by atoms with Gasteiger partial charge in [-0.3, -0.25) is 4.79 Å². The fourth-order valence-electron chi connectivity index (χ4n) is 1.82. The summed E-state index contributed by atoms with van der Waals surface area (Å²) in [5, 5.41) is 0.566. The van der Waals surface area contributed by atoms with Gasteiger partial charge in [0.05, 0.1) is 12.7 Å². The molecule has 0 N–H and O–H groups in total. The van der Waals surface area contributed by atoms with Gasteiger partial charge in [0.1, 0.15) is 5.75 Å². The zero-order valence-corrected chi connectivity index (χ0v) is 13.3. The number of Topliss-reactive ketones (excluding diaryl/α,β-unsaturated/α-hetero) is 1.